The molecule has 0 saturated carbocycles. The van der Waals surface area contributed by atoms with Crippen molar-refractivity contribution in [2.45, 2.75) is 27.3 Å². The molecule has 0 aliphatic heterocycles. The normalized spacial score (nSPS) is 11.0. The third-order valence-corrected chi connectivity index (χ3v) is 5.27. The Morgan fingerprint density at radius 3 is 2.04 bits per heavy atom. The molecule has 0 radical (unpaired) electrons. The highest BCUT2D eigenvalue weighted by atomic mass is 35.5. The van der Waals surface area contributed by atoms with E-state index in [4.69, 9.17) is 16.7 Å². The fraction of sp³-hybridized carbons (Fsp3) is 0.160. The molecule has 1 heterocycles. The van der Waals surface area contributed by atoms with Gasteiger partial charge in [0.25, 0.3) is 0 Å². The van der Waals surface area contributed by atoms with Crippen LogP contribution in [0.25, 0.3) is 22.5 Å². The van der Waals surface area contributed by atoms with Gasteiger partial charge in [-0.25, -0.2) is 0 Å². The molecule has 0 bridgehead atoms. The molecule has 1 aromatic heterocycles. The molecule has 2 nitrogen and oxygen atoms in total. The van der Waals surface area contributed by atoms with Gasteiger partial charge in [0.1, 0.15) is 0 Å². The summed E-state index contributed by atoms with van der Waals surface area (Å²) in [6, 6.07) is 25.1. The van der Waals surface area contributed by atoms with Crippen molar-refractivity contribution in [1.82, 2.24) is 9.78 Å². The summed E-state index contributed by atoms with van der Waals surface area (Å²) in [6.07, 6.45) is 0. The molecule has 0 atom stereocenters. The van der Waals surface area contributed by atoms with Crippen LogP contribution < -0.4 is 0 Å². The Hall–Kier alpha value is -2.84. The number of hydrogen-bond donors (Lipinski definition) is 0. The molecule has 0 unspecified atom stereocenters. The van der Waals surface area contributed by atoms with Gasteiger partial charge in [-0.05, 0) is 50.6 Å². The second-order valence-corrected chi connectivity index (χ2v) is 7.78. The highest BCUT2D eigenvalue weighted by molar-refractivity contribution is 6.30. The van der Waals surface area contributed by atoms with Gasteiger partial charge in [-0.1, -0.05) is 71.3 Å². The maximum atomic E-state index is 6.06. The third-order valence-electron chi connectivity index (χ3n) is 5.02. The van der Waals surface area contributed by atoms with Crippen LogP contribution in [0.5, 0.6) is 0 Å². The Bertz CT molecular complexity index is 1120. The molecule has 0 amide bonds. The van der Waals surface area contributed by atoms with Crippen molar-refractivity contribution in [2.75, 3.05) is 0 Å². The Morgan fingerprint density at radius 2 is 1.39 bits per heavy atom. The molecule has 0 aliphatic rings. The Morgan fingerprint density at radius 1 is 0.786 bits per heavy atom. The highest BCUT2D eigenvalue weighted by Crippen LogP contribution is 2.33. The predicted molar refractivity (Wildman–Crippen MR) is 118 cm³/mol. The summed E-state index contributed by atoms with van der Waals surface area (Å²) in [7, 11) is 0. The number of benzene rings is 3. The van der Waals surface area contributed by atoms with E-state index >= 15 is 0 Å². The first-order valence-corrected chi connectivity index (χ1v) is 9.85. The minimum absolute atomic E-state index is 0.701. The summed E-state index contributed by atoms with van der Waals surface area (Å²) in [5.41, 5.74) is 9.40. The molecule has 0 fully saturated rings. The van der Waals surface area contributed by atoms with E-state index in [-0.39, 0.29) is 0 Å². The number of halogens is 1. The van der Waals surface area contributed by atoms with E-state index in [1.165, 1.54) is 27.8 Å². The van der Waals surface area contributed by atoms with Crippen LogP contribution >= 0.6 is 11.6 Å². The first-order chi connectivity index (χ1) is 13.5. The fourth-order valence-electron chi connectivity index (χ4n) is 3.65. The predicted octanol–water partition coefficient (Wildman–Crippen LogP) is 6.84. The minimum atomic E-state index is 0.701. The van der Waals surface area contributed by atoms with Crippen molar-refractivity contribution in [3.63, 3.8) is 0 Å². The molecule has 28 heavy (non-hydrogen) atoms. The second kappa shape index (κ2) is 7.65. The summed E-state index contributed by atoms with van der Waals surface area (Å²) in [4.78, 5) is 0. The molecule has 3 aromatic carbocycles. The lowest BCUT2D eigenvalue weighted by Gasteiger charge is -2.10. The van der Waals surface area contributed by atoms with E-state index in [1.807, 2.05) is 12.1 Å². The lowest BCUT2D eigenvalue weighted by Crippen LogP contribution is -2.04. The number of rotatable bonds is 4. The highest BCUT2D eigenvalue weighted by Gasteiger charge is 2.18. The van der Waals surface area contributed by atoms with Gasteiger partial charge in [-0.15, -0.1) is 0 Å². The molecule has 0 N–H and O–H groups in total. The van der Waals surface area contributed by atoms with E-state index < -0.39 is 0 Å². The van der Waals surface area contributed by atoms with Crippen LogP contribution in [0.15, 0.2) is 72.8 Å². The van der Waals surface area contributed by atoms with Crippen LogP contribution in [0.1, 0.15) is 22.3 Å². The van der Waals surface area contributed by atoms with Crippen molar-refractivity contribution < 1.29 is 0 Å². The van der Waals surface area contributed by atoms with Crippen molar-refractivity contribution in [3.8, 4) is 22.5 Å². The zero-order valence-corrected chi connectivity index (χ0v) is 17.2. The van der Waals surface area contributed by atoms with E-state index in [9.17, 15) is 0 Å². The van der Waals surface area contributed by atoms with Gasteiger partial charge in [0.2, 0.25) is 0 Å². The van der Waals surface area contributed by atoms with Crippen LogP contribution in [-0.2, 0) is 6.54 Å². The minimum Gasteiger partial charge on any atom is -0.260 e. The number of hydrogen-bond acceptors (Lipinski definition) is 1. The molecule has 140 valence electrons. The van der Waals surface area contributed by atoms with Crippen LogP contribution in [0.3, 0.4) is 0 Å². The van der Waals surface area contributed by atoms with Gasteiger partial charge in [0, 0.05) is 21.7 Å². The fourth-order valence-corrected chi connectivity index (χ4v) is 3.78. The Kier molecular flexibility index (Phi) is 5.06. The molecule has 4 aromatic rings. The topological polar surface area (TPSA) is 17.8 Å². The van der Waals surface area contributed by atoms with Gasteiger partial charge >= 0.3 is 0 Å². The molecule has 4 rings (SSSR count). The van der Waals surface area contributed by atoms with E-state index in [0.717, 1.165) is 22.0 Å². The van der Waals surface area contributed by atoms with Crippen molar-refractivity contribution in [1.29, 1.82) is 0 Å². The monoisotopic (exact) mass is 386 g/mol. The first-order valence-electron chi connectivity index (χ1n) is 9.47. The maximum Gasteiger partial charge on any atom is 0.0959 e. The molecular weight excluding hydrogens is 364 g/mol. The summed E-state index contributed by atoms with van der Waals surface area (Å²) >= 11 is 6.06. The van der Waals surface area contributed by atoms with Crippen LogP contribution in [0.2, 0.25) is 5.02 Å². The molecule has 0 spiro atoms. The van der Waals surface area contributed by atoms with Crippen LogP contribution in [-0.4, -0.2) is 9.78 Å². The summed E-state index contributed by atoms with van der Waals surface area (Å²) < 4.78 is 2.12. The van der Waals surface area contributed by atoms with Gasteiger partial charge in [-0.2, -0.15) is 5.10 Å². The Balaban J connectivity index is 1.87. The average Bonchev–Trinajstić information content (AvgIpc) is 2.99. The van der Waals surface area contributed by atoms with Crippen molar-refractivity contribution in [3.05, 3.63) is 100 Å². The lowest BCUT2D eigenvalue weighted by atomic mass is 10.0. The summed E-state index contributed by atoms with van der Waals surface area (Å²) in [5.74, 6) is 0. The number of nitrogens with zero attached hydrogens (tertiary/aromatic N) is 2. The smallest absolute Gasteiger partial charge is 0.0959 e. The van der Waals surface area contributed by atoms with Gasteiger partial charge < -0.3 is 0 Å². The lowest BCUT2D eigenvalue weighted by molar-refractivity contribution is 0.696. The zero-order valence-electron chi connectivity index (χ0n) is 16.4. The standard InChI is InChI=1S/C25H23ClN2/c1-17-6-4-8-21(14-17)24-19(3)25(22-9-5-7-18(2)15-22)28(27-24)16-20-10-12-23(26)13-11-20/h4-15H,16H2,1-3H3. The maximum absolute atomic E-state index is 6.06. The third kappa shape index (κ3) is 3.74. The first kappa shape index (κ1) is 18.5. The largest absolute Gasteiger partial charge is 0.260 e. The van der Waals surface area contributed by atoms with Gasteiger partial charge in [0.15, 0.2) is 0 Å². The van der Waals surface area contributed by atoms with E-state index in [0.29, 0.717) is 6.54 Å². The molecule has 3 heteroatoms. The van der Waals surface area contributed by atoms with Crippen molar-refractivity contribution in [2.24, 2.45) is 0 Å². The molecule has 0 aliphatic carbocycles. The quantitative estimate of drug-likeness (QED) is 0.375. The SMILES string of the molecule is Cc1cccc(-c2nn(Cc3ccc(Cl)cc3)c(-c3cccc(C)c3)c2C)c1. The van der Waals surface area contributed by atoms with E-state index in [1.54, 1.807) is 0 Å². The zero-order chi connectivity index (χ0) is 19.7. The number of aryl methyl sites for hydroxylation is 2. The van der Waals surface area contributed by atoms with E-state index in [2.05, 4.69) is 86.1 Å². The average molecular weight is 387 g/mol. The van der Waals surface area contributed by atoms with Crippen molar-refractivity contribution >= 4 is 11.6 Å². The second-order valence-electron chi connectivity index (χ2n) is 7.35. The summed E-state index contributed by atoms with van der Waals surface area (Å²) in [6.45, 7) is 7.11. The van der Waals surface area contributed by atoms with Crippen LogP contribution in [0, 0.1) is 20.8 Å². The van der Waals surface area contributed by atoms with Gasteiger partial charge in [-0.3, -0.25) is 4.68 Å². The number of aromatic nitrogens is 2. The van der Waals surface area contributed by atoms with Crippen LogP contribution in [0.4, 0.5) is 0 Å². The van der Waals surface area contributed by atoms with Gasteiger partial charge in [0.05, 0.1) is 17.9 Å². The Labute approximate surface area is 171 Å². The molecule has 0 saturated heterocycles. The molecular formula is C25H23ClN2. The summed E-state index contributed by atoms with van der Waals surface area (Å²) in [5, 5.41) is 5.78.